The van der Waals surface area contributed by atoms with E-state index in [1.165, 1.54) is 38.5 Å². The third kappa shape index (κ3) is 4.45. The molecule has 2 rings (SSSR count). The van der Waals surface area contributed by atoms with Crippen molar-refractivity contribution < 1.29 is 14.3 Å². The number of carbonyl (C=O) groups excluding carboxylic acids is 1. The molecule has 2 aliphatic carbocycles. The molecule has 0 radical (unpaired) electrons. The number of ether oxygens (including phenoxy) is 2. The second-order valence-electron chi connectivity index (χ2n) is 5.72. The number of alkyl halides is 1. The maximum absolute atomic E-state index is 11.8. The van der Waals surface area contributed by atoms with Gasteiger partial charge in [-0.2, -0.15) is 0 Å². The molecule has 0 N–H and O–H groups in total. The van der Waals surface area contributed by atoms with Gasteiger partial charge in [-0.05, 0) is 32.6 Å². The maximum Gasteiger partial charge on any atom is 0.309 e. The number of carbonyl (C=O) groups is 1. The second kappa shape index (κ2) is 7.63. The number of rotatable bonds is 4. The average molecular weight is 333 g/mol. The van der Waals surface area contributed by atoms with Crippen LogP contribution in [-0.4, -0.2) is 29.6 Å². The van der Waals surface area contributed by atoms with Crippen LogP contribution in [0.2, 0.25) is 0 Å². The van der Waals surface area contributed by atoms with Crippen LogP contribution in [-0.2, 0) is 14.3 Å². The van der Waals surface area contributed by atoms with Gasteiger partial charge in [-0.3, -0.25) is 4.79 Å². The van der Waals surface area contributed by atoms with Crippen molar-refractivity contribution in [2.24, 2.45) is 5.92 Å². The van der Waals surface area contributed by atoms with Crippen molar-refractivity contribution >= 4 is 21.9 Å². The van der Waals surface area contributed by atoms with Crippen molar-refractivity contribution in [3.05, 3.63) is 0 Å². The van der Waals surface area contributed by atoms with Crippen molar-refractivity contribution in [2.45, 2.75) is 75.3 Å². The minimum atomic E-state index is -0.0566. The molecule has 19 heavy (non-hydrogen) atoms. The lowest BCUT2D eigenvalue weighted by Crippen LogP contribution is -2.25. The summed E-state index contributed by atoms with van der Waals surface area (Å²) in [7, 11) is 0. The average Bonchev–Trinajstić information content (AvgIpc) is 2.61. The van der Waals surface area contributed by atoms with Gasteiger partial charge in [0.2, 0.25) is 0 Å². The first kappa shape index (κ1) is 15.3. The SMILES string of the molecule is CCOC(=O)C1CC(Br)C(OC2CCCCCC2)C1. The lowest BCUT2D eigenvalue weighted by molar-refractivity contribution is -0.148. The Morgan fingerprint density at radius 2 is 1.84 bits per heavy atom. The molecule has 3 unspecified atom stereocenters. The largest absolute Gasteiger partial charge is 0.466 e. The van der Waals surface area contributed by atoms with Gasteiger partial charge in [0.15, 0.2) is 0 Å². The van der Waals surface area contributed by atoms with Crippen molar-refractivity contribution in [1.29, 1.82) is 0 Å². The van der Waals surface area contributed by atoms with Gasteiger partial charge in [-0.15, -0.1) is 0 Å². The molecule has 0 spiro atoms. The van der Waals surface area contributed by atoms with E-state index in [4.69, 9.17) is 9.47 Å². The third-order valence-corrected chi connectivity index (χ3v) is 5.18. The Morgan fingerprint density at radius 1 is 1.16 bits per heavy atom. The number of esters is 1. The van der Waals surface area contributed by atoms with Crippen molar-refractivity contribution in [1.82, 2.24) is 0 Å². The molecule has 3 nitrogen and oxygen atoms in total. The highest BCUT2D eigenvalue weighted by atomic mass is 79.9. The van der Waals surface area contributed by atoms with E-state index in [2.05, 4.69) is 15.9 Å². The summed E-state index contributed by atoms with van der Waals surface area (Å²) in [5.41, 5.74) is 0. The van der Waals surface area contributed by atoms with Gasteiger partial charge < -0.3 is 9.47 Å². The number of hydrogen-bond donors (Lipinski definition) is 0. The molecule has 0 saturated heterocycles. The summed E-state index contributed by atoms with van der Waals surface area (Å²) in [5, 5.41) is 0. The van der Waals surface area contributed by atoms with E-state index in [-0.39, 0.29) is 18.0 Å². The Balaban J connectivity index is 1.82. The van der Waals surface area contributed by atoms with E-state index in [0.717, 1.165) is 12.8 Å². The molecular weight excluding hydrogens is 308 g/mol. The van der Waals surface area contributed by atoms with Crippen LogP contribution in [0.4, 0.5) is 0 Å². The molecule has 0 amide bonds. The summed E-state index contributed by atoms with van der Waals surface area (Å²) in [6.45, 7) is 2.33. The molecule has 0 aliphatic heterocycles. The number of halogens is 1. The first-order valence-corrected chi connectivity index (χ1v) is 8.58. The molecule has 110 valence electrons. The highest BCUT2D eigenvalue weighted by Crippen LogP contribution is 2.36. The standard InChI is InChI=1S/C15H25BrO3/c1-2-18-15(17)11-9-13(16)14(10-11)19-12-7-5-3-4-6-8-12/h11-14H,2-10H2,1H3. The summed E-state index contributed by atoms with van der Waals surface area (Å²) < 4.78 is 11.4. The van der Waals surface area contributed by atoms with Gasteiger partial charge in [0.1, 0.15) is 0 Å². The first-order valence-electron chi connectivity index (χ1n) is 7.67. The van der Waals surface area contributed by atoms with Crippen LogP contribution < -0.4 is 0 Å². The van der Waals surface area contributed by atoms with Gasteiger partial charge in [0.05, 0.1) is 24.7 Å². The minimum Gasteiger partial charge on any atom is -0.466 e. The molecule has 0 aromatic rings. The highest BCUT2D eigenvalue weighted by molar-refractivity contribution is 9.09. The molecular formula is C15H25BrO3. The van der Waals surface area contributed by atoms with Crippen LogP contribution in [0.25, 0.3) is 0 Å². The van der Waals surface area contributed by atoms with Crippen molar-refractivity contribution in [2.75, 3.05) is 6.61 Å². The fourth-order valence-electron chi connectivity index (χ4n) is 3.17. The second-order valence-corrected chi connectivity index (χ2v) is 6.90. The Bertz CT molecular complexity index is 287. The van der Waals surface area contributed by atoms with Crippen LogP contribution in [0.1, 0.15) is 58.3 Å². The third-order valence-electron chi connectivity index (χ3n) is 4.22. The van der Waals surface area contributed by atoms with E-state index >= 15 is 0 Å². The maximum atomic E-state index is 11.8. The summed E-state index contributed by atoms with van der Waals surface area (Å²) in [4.78, 5) is 12.1. The van der Waals surface area contributed by atoms with E-state index in [0.29, 0.717) is 17.5 Å². The van der Waals surface area contributed by atoms with Crippen LogP contribution in [0.15, 0.2) is 0 Å². The zero-order chi connectivity index (χ0) is 13.7. The monoisotopic (exact) mass is 332 g/mol. The van der Waals surface area contributed by atoms with Crippen LogP contribution in [0.5, 0.6) is 0 Å². The molecule has 0 aromatic heterocycles. The van der Waals surface area contributed by atoms with E-state index in [1.807, 2.05) is 6.92 Å². The quantitative estimate of drug-likeness (QED) is 0.446. The molecule has 2 saturated carbocycles. The zero-order valence-corrected chi connectivity index (χ0v) is 13.4. The lowest BCUT2D eigenvalue weighted by atomic mass is 10.1. The number of hydrogen-bond acceptors (Lipinski definition) is 3. The van der Waals surface area contributed by atoms with E-state index < -0.39 is 0 Å². The van der Waals surface area contributed by atoms with E-state index in [9.17, 15) is 4.79 Å². The Kier molecular flexibility index (Phi) is 6.14. The molecule has 3 atom stereocenters. The van der Waals surface area contributed by atoms with E-state index in [1.54, 1.807) is 0 Å². The van der Waals surface area contributed by atoms with Gasteiger partial charge in [0.25, 0.3) is 0 Å². The molecule has 0 bridgehead atoms. The van der Waals surface area contributed by atoms with Gasteiger partial charge in [-0.1, -0.05) is 41.6 Å². The van der Waals surface area contributed by atoms with Crippen LogP contribution in [0, 0.1) is 5.92 Å². The lowest BCUT2D eigenvalue weighted by Gasteiger charge is -2.22. The van der Waals surface area contributed by atoms with Crippen molar-refractivity contribution in [3.63, 3.8) is 0 Å². The molecule has 4 heteroatoms. The predicted molar refractivity (Wildman–Crippen MR) is 78.4 cm³/mol. The predicted octanol–water partition coefficient (Wildman–Crippen LogP) is 3.83. The summed E-state index contributed by atoms with van der Waals surface area (Å²) in [6.07, 6.45) is 9.84. The van der Waals surface area contributed by atoms with Crippen LogP contribution in [0.3, 0.4) is 0 Å². The summed E-state index contributed by atoms with van der Waals surface area (Å²) in [5.74, 6) is -0.0426. The molecule has 2 aliphatic rings. The summed E-state index contributed by atoms with van der Waals surface area (Å²) >= 11 is 3.68. The fraction of sp³-hybridized carbons (Fsp3) is 0.933. The van der Waals surface area contributed by atoms with Gasteiger partial charge in [-0.25, -0.2) is 0 Å². The highest BCUT2D eigenvalue weighted by Gasteiger charge is 2.39. The zero-order valence-electron chi connectivity index (χ0n) is 11.8. The Morgan fingerprint density at radius 3 is 2.47 bits per heavy atom. The van der Waals surface area contributed by atoms with Crippen molar-refractivity contribution in [3.8, 4) is 0 Å². The van der Waals surface area contributed by atoms with Crippen LogP contribution >= 0.6 is 15.9 Å². The Labute approximate surface area is 124 Å². The van der Waals surface area contributed by atoms with Gasteiger partial charge in [0, 0.05) is 4.83 Å². The first-order chi connectivity index (χ1) is 9.20. The normalized spacial score (nSPS) is 33.1. The minimum absolute atomic E-state index is 0.0140. The molecule has 2 fully saturated rings. The smallest absolute Gasteiger partial charge is 0.309 e. The fourth-order valence-corrected chi connectivity index (χ4v) is 3.96. The molecule has 0 aromatic carbocycles. The van der Waals surface area contributed by atoms with Gasteiger partial charge >= 0.3 is 5.97 Å². The Hall–Kier alpha value is -0.0900. The summed E-state index contributed by atoms with van der Waals surface area (Å²) in [6, 6.07) is 0. The molecule has 0 heterocycles. The topological polar surface area (TPSA) is 35.5 Å².